The fourth-order valence-electron chi connectivity index (χ4n) is 3.05. The molecule has 0 saturated heterocycles. The predicted octanol–water partition coefficient (Wildman–Crippen LogP) is 2.00. The van der Waals surface area contributed by atoms with Gasteiger partial charge in [0.2, 0.25) is 0 Å². The fraction of sp³-hybridized carbons (Fsp3) is 0.714. The molecule has 2 unspecified atom stereocenters. The molecular weight excluding hydrogens is 226 g/mol. The quantitative estimate of drug-likeness (QED) is 0.759. The standard InChI is InChI=1S/C14H21N3O/c1-4-10(3)17-12(13(15)16-14(17)18)11-7-5-9(2)6-8-11/h1,9-12H,5-8H2,2-3H3,(H2,15,16,18). The van der Waals surface area contributed by atoms with Crippen molar-refractivity contribution in [2.75, 3.05) is 0 Å². The molecule has 2 rings (SSSR count). The van der Waals surface area contributed by atoms with E-state index in [2.05, 4.69) is 17.8 Å². The average molecular weight is 247 g/mol. The van der Waals surface area contributed by atoms with Gasteiger partial charge in [-0.25, -0.2) is 4.79 Å². The highest BCUT2D eigenvalue weighted by molar-refractivity contribution is 6.03. The average Bonchev–Trinajstić information content (AvgIpc) is 2.64. The summed E-state index contributed by atoms with van der Waals surface area (Å²) in [5.41, 5.74) is 5.94. The molecular formula is C14H21N3O. The molecule has 1 heterocycles. The Balaban J connectivity index is 2.16. The molecule has 0 bridgehead atoms. The van der Waals surface area contributed by atoms with Gasteiger partial charge in [0.1, 0.15) is 5.84 Å². The number of amidine groups is 1. The molecule has 1 aliphatic heterocycles. The third-order valence-electron chi connectivity index (χ3n) is 4.21. The molecule has 0 aromatic heterocycles. The maximum absolute atomic E-state index is 11.9. The fourth-order valence-corrected chi connectivity index (χ4v) is 3.05. The lowest BCUT2D eigenvalue weighted by molar-refractivity contribution is 0.157. The minimum Gasteiger partial charge on any atom is -0.385 e. The van der Waals surface area contributed by atoms with Crippen molar-refractivity contribution in [2.45, 2.75) is 51.6 Å². The van der Waals surface area contributed by atoms with Gasteiger partial charge in [-0.3, -0.25) is 4.90 Å². The van der Waals surface area contributed by atoms with Crippen molar-refractivity contribution in [3.8, 4) is 12.3 Å². The van der Waals surface area contributed by atoms with E-state index >= 15 is 0 Å². The Morgan fingerprint density at radius 1 is 1.44 bits per heavy atom. The molecule has 2 aliphatic rings. The van der Waals surface area contributed by atoms with Crippen LogP contribution in [0.3, 0.4) is 0 Å². The van der Waals surface area contributed by atoms with Crippen LogP contribution in [0, 0.1) is 24.2 Å². The van der Waals surface area contributed by atoms with Crippen LogP contribution in [0.4, 0.5) is 4.79 Å². The summed E-state index contributed by atoms with van der Waals surface area (Å²) >= 11 is 0. The second kappa shape index (κ2) is 5.01. The van der Waals surface area contributed by atoms with E-state index in [-0.39, 0.29) is 18.1 Å². The van der Waals surface area contributed by atoms with Crippen LogP contribution >= 0.6 is 0 Å². The van der Waals surface area contributed by atoms with Gasteiger partial charge in [0, 0.05) is 0 Å². The van der Waals surface area contributed by atoms with Crippen molar-refractivity contribution in [1.29, 1.82) is 0 Å². The molecule has 1 saturated carbocycles. The van der Waals surface area contributed by atoms with Gasteiger partial charge in [-0.2, -0.15) is 4.99 Å². The molecule has 0 aromatic rings. The highest BCUT2D eigenvalue weighted by atomic mass is 16.2. The van der Waals surface area contributed by atoms with Crippen LogP contribution in [0.15, 0.2) is 4.99 Å². The van der Waals surface area contributed by atoms with Gasteiger partial charge in [0.15, 0.2) is 0 Å². The first-order valence-corrected chi connectivity index (χ1v) is 6.67. The third-order valence-corrected chi connectivity index (χ3v) is 4.21. The van der Waals surface area contributed by atoms with E-state index in [1.807, 2.05) is 6.92 Å². The van der Waals surface area contributed by atoms with Crippen molar-refractivity contribution in [3.05, 3.63) is 0 Å². The molecule has 1 fully saturated rings. The number of amides is 2. The summed E-state index contributed by atoms with van der Waals surface area (Å²) in [7, 11) is 0. The first-order chi connectivity index (χ1) is 8.54. The monoisotopic (exact) mass is 247 g/mol. The highest BCUT2D eigenvalue weighted by Crippen LogP contribution is 2.34. The second-order valence-electron chi connectivity index (χ2n) is 5.53. The largest absolute Gasteiger partial charge is 0.385 e. The maximum Gasteiger partial charge on any atom is 0.346 e. The van der Waals surface area contributed by atoms with E-state index in [1.165, 1.54) is 12.8 Å². The Bertz CT molecular complexity index is 402. The van der Waals surface area contributed by atoms with Gasteiger partial charge >= 0.3 is 6.03 Å². The number of hydrogen-bond acceptors (Lipinski definition) is 2. The predicted molar refractivity (Wildman–Crippen MR) is 72.1 cm³/mol. The minimum absolute atomic E-state index is 0.0870. The zero-order chi connectivity index (χ0) is 13.3. The maximum atomic E-state index is 11.9. The van der Waals surface area contributed by atoms with Crippen LogP contribution in [0.2, 0.25) is 0 Å². The number of hydrogen-bond donors (Lipinski definition) is 1. The summed E-state index contributed by atoms with van der Waals surface area (Å²) < 4.78 is 0. The topological polar surface area (TPSA) is 58.7 Å². The van der Waals surface area contributed by atoms with Crippen LogP contribution in [0.25, 0.3) is 0 Å². The van der Waals surface area contributed by atoms with Crippen LogP contribution < -0.4 is 5.73 Å². The lowest BCUT2D eigenvalue weighted by atomic mass is 9.78. The molecule has 4 nitrogen and oxygen atoms in total. The number of urea groups is 1. The molecule has 1 aliphatic carbocycles. The van der Waals surface area contributed by atoms with Crippen LogP contribution in [-0.4, -0.2) is 28.9 Å². The van der Waals surface area contributed by atoms with Gasteiger partial charge in [0.05, 0.1) is 12.1 Å². The number of rotatable bonds is 2. The SMILES string of the molecule is C#CC(C)N1C(=O)N=C(N)C1C1CCC(C)CC1. The van der Waals surface area contributed by atoms with Gasteiger partial charge in [-0.15, -0.1) is 6.42 Å². The summed E-state index contributed by atoms with van der Waals surface area (Å²) in [4.78, 5) is 17.4. The highest BCUT2D eigenvalue weighted by Gasteiger charge is 2.41. The smallest absolute Gasteiger partial charge is 0.346 e. The first-order valence-electron chi connectivity index (χ1n) is 6.67. The van der Waals surface area contributed by atoms with Crippen LogP contribution in [0.1, 0.15) is 39.5 Å². The number of nitrogens with two attached hydrogens (primary N) is 1. The summed E-state index contributed by atoms with van der Waals surface area (Å²) in [6.45, 7) is 4.12. The van der Waals surface area contributed by atoms with Crippen molar-refractivity contribution < 1.29 is 4.79 Å². The Kier molecular flexibility index (Phi) is 3.60. The molecule has 0 aromatic carbocycles. The van der Waals surface area contributed by atoms with Crippen LogP contribution in [-0.2, 0) is 0 Å². The molecule has 2 amide bonds. The van der Waals surface area contributed by atoms with Crippen molar-refractivity contribution >= 4 is 11.9 Å². The Hall–Kier alpha value is -1.50. The van der Waals surface area contributed by atoms with Crippen molar-refractivity contribution in [1.82, 2.24) is 4.90 Å². The third kappa shape index (κ3) is 2.22. The zero-order valence-corrected chi connectivity index (χ0v) is 11.1. The summed E-state index contributed by atoms with van der Waals surface area (Å²) in [5.74, 6) is 4.24. The van der Waals surface area contributed by atoms with Gasteiger partial charge in [-0.1, -0.05) is 25.7 Å². The van der Waals surface area contributed by atoms with Crippen molar-refractivity contribution in [2.24, 2.45) is 22.6 Å². The number of carbonyl (C=O) groups is 1. The van der Waals surface area contributed by atoms with E-state index < -0.39 is 0 Å². The Morgan fingerprint density at radius 2 is 2.06 bits per heavy atom. The normalized spacial score (nSPS) is 34.1. The lowest BCUT2D eigenvalue weighted by Crippen LogP contribution is -2.49. The second-order valence-corrected chi connectivity index (χ2v) is 5.53. The molecule has 18 heavy (non-hydrogen) atoms. The molecule has 0 spiro atoms. The molecule has 0 radical (unpaired) electrons. The van der Waals surface area contributed by atoms with E-state index in [1.54, 1.807) is 4.90 Å². The van der Waals surface area contributed by atoms with Crippen molar-refractivity contribution in [3.63, 3.8) is 0 Å². The summed E-state index contributed by atoms with van der Waals surface area (Å²) in [6, 6.07) is -0.607. The Labute approximate surface area is 109 Å². The van der Waals surface area contributed by atoms with E-state index in [4.69, 9.17) is 12.2 Å². The first kappa shape index (κ1) is 12.9. The number of nitrogens with zero attached hydrogens (tertiary/aromatic N) is 2. The molecule has 2 N–H and O–H groups in total. The summed E-state index contributed by atoms with van der Waals surface area (Å²) in [6.07, 6.45) is 10.0. The minimum atomic E-state index is -0.276. The van der Waals surface area contributed by atoms with Gasteiger partial charge in [0.25, 0.3) is 0 Å². The summed E-state index contributed by atoms with van der Waals surface area (Å²) in [5, 5.41) is 0. The van der Waals surface area contributed by atoms with Gasteiger partial charge in [-0.05, 0) is 31.6 Å². The van der Waals surface area contributed by atoms with E-state index in [0.717, 1.165) is 18.8 Å². The van der Waals surface area contributed by atoms with E-state index in [9.17, 15) is 4.79 Å². The number of carbonyl (C=O) groups excluding carboxylic acids is 1. The zero-order valence-electron chi connectivity index (χ0n) is 11.1. The Morgan fingerprint density at radius 3 is 2.61 bits per heavy atom. The molecule has 98 valence electrons. The number of terminal acetylenes is 1. The van der Waals surface area contributed by atoms with Crippen LogP contribution in [0.5, 0.6) is 0 Å². The molecule has 4 heteroatoms. The van der Waals surface area contributed by atoms with Gasteiger partial charge < -0.3 is 5.73 Å². The molecule has 2 atom stereocenters. The number of aliphatic imine (C=N–C) groups is 1. The lowest BCUT2D eigenvalue weighted by Gasteiger charge is -2.36. The van der Waals surface area contributed by atoms with E-state index in [0.29, 0.717) is 11.8 Å².